The molecule has 1 unspecified atom stereocenters. The predicted octanol–water partition coefficient (Wildman–Crippen LogP) is -0.235. The van der Waals surface area contributed by atoms with Crippen LogP contribution in [0.1, 0.15) is 6.92 Å². The molecule has 0 saturated carbocycles. The van der Waals surface area contributed by atoms with Crippen LogP contribution in [0.5, 0.6) is 0 Å². The van der Waals surface area contributed by atoms with Crippen LogP contribution in [-0.2, 0) is 9.59 Å². The number of nitrogens with zero attached hydrogens (tertiary/aromatic N) is 1. The Bertz CT molecular complexity index is 201. The summed E-state index contributed by atoms with van der Waals surface area (Å²) in [4.78, 5) is 23.4. The van der Waals surface area contributed by atoms with Crippen LogP contribution in [0.25, 0.3) is 0 Å². The maximum absolute atomic E-state index is 11.0. The molecule has 0 aliphatic heterocycles. The molecule has 68 valence electrons. The topological polar surface area (TPSA) is 49.4 Å². The van der Waals surface area contributed by atoms with Crippen molar-refractivity contribution in [3.05, 3.63) is 12.7 Å². The quantitative estimate of drug-likeness (QED) is 0.594. The Labute approximate surface area is 72.2 Å². The van der Waals surface area contributed by atoms with Gasteiger partial charge in [0, 0.05) is 14.1 Å². The molecule has 1 N–H and O–H groups in total. The minimum atomic E-state index is -0.458. The smallest absolute Gasteiger partial charge is 0.246 e. The summed E-state index contributed by atoms with van der Waals surface area (Å²) >= 11 is 0. The first-order valence-corrected chi connectivity index (χ1v) is 3.65. The van der Waals surface area contributed by atoms with E-state index in [1.54, 1.807) is 14.0 Å². The molecule has 0 spiro atoms. The summed E-state index contributed by atoms with van der Waals surface area (Å²) in [6.07, 6.45) is 1.18. The molecule has 2 amide bonds. The first-order valence-electron chi connectivity index (χ1n) is 3.65. The van der Waals surface area contributed by atoms with E-state index in [9.17, 15) is 9.59 Å². The minimum absolute atomic E-state index is 0.187. The zero-order valence-electron chi connectivity index (χ0n) is 7.63. The van der Waals surface area contributed by atoms with Gasteiger partial charge in [-0.25, -0.2) is 0 Å². The average Bonchev–Trinajstić information content (AvgIpc) is 2.12. The molecule has 0 aliphatic rings. The lowest BCUT2D eigenvalue weighted by atomic mass is 10.3. The van der Waals surface area contributed by atoms with E-state index in [0.29, 0.717) is 0 Å². The molecule has 0 aromatic rings. The van der Waals surface area contributed by atoms with Crippen molar-refractivity contribution in [3.8, 4) is 0 Å². The number of likely N-dealkylation sites (N-methyl/N-ethyl adjacent to an activating group) is 2. The standard InChI is InChI=1S/C8H14N2O2/c1-5-7(11)10(4)6(2)8(12)9-3/h5-6H,1H2,2-4H3,(H,9,12). The normalized spacial score (nSPS) is 11.6. The molecule has 0 aromatic heterocycles. The van der Waals surface area contributed by atoms with Gasteiger partial charge in [-0.3, -0.25) is 9.59 Å². The van der Waals surface area contributed by atoms with Gasteiger partial charge in [0.1, 0.15) is 6.04 Å². The highest BCUT2D eigenvalue weighted by Gasteiger charge is 2.18. The number of nitrogens with one attached hydrogen (secondary N) is 1. The second-order valence-corrected chi connectivity index (χ2v) is 2.44. The Balaban J connectivity index is 4.27. The van der Waals surface area contributed by atoms with Crippen molar-refractivity contribution < 1.29 is 9.59 Å². The molecule has 0 fully saturated rings. The fraction of sp³-hybridized carbons (Fsp3) is 0.500. The van der Waals surface area contributed by atoms with Gasteiger partial charge in [-0.05, 0) is 13.0 Å². The maximum atomic E-state index is 11.0. The number of hydrogen-bond donors (Lipinski definition) is 1. The number of amides is 2. The monoisotopic (exact) mass is 170 g/mol. The van der Waals surface area contributed by atoms with E-state index in [4.69, 9.17) is 0 Å². The molecule has 0 rings (SSSR count). The first-order chi connectivity index (χ1) is 5.54. The first kappa shape index (κ1) is 10.7. The molecule has 12 heavy (non-hydrogen) atoms. The van der Waals surface area contributed by atoms with Gasteiger partial charge >= 0.3 is 0 Å². The van der Waals surface area contributed by atoms with Gasteiger partial charge in [-0.1, -0.05) is 6.58 Å². The van der Waals surface area contributed by atoms with Crippen molar-refractivity contribution in [3.63, 3.8) is 0 Å². The van der Waals surface area contributed by atoms with E-state index in [1.165, 1.54) is 18.0 Å². The van der Waals surface area contributed by atoms with Crippen LogP contribution in [0, 0.1) is 0 Å². The van der Waals surface area contributed by atoms with Crippen LogP contribution < -0.4 is 5.32 Å². The molecular formula is C8H14N2O2. The molecule has 4 heteroatoms. The van der Waals surface area contributed by atoms with Gasteiger partial charge in [0.15, 0.2) is 0 Å². The summed E-state index contributed by atoms with van der Waals surface area (Å²) in [5.74, 6) is -0.446. The lowest BCUT2D eigenvalue weighted by Gasteiger charge is -2.21. The van der Waals surface area contributed by atoms with Crippen LogP contribution in [0.3, 0.4) is 0 Å². The second-order valence-electron chi connectivity index (χ2n) is 2.44. The Kier molecular flexibility index (Phi) is 4.04. The largest absolute Gasteiger partial charge is 0.357 e. The van der Waals surface area contributed by atoms with Crippen molar-refractivity contribution in [2.24, 2.45) is 0 Å². The summed E-state index contributed by atoms with van der Waals surface area (Å²) in [5, 5.41) is 2.46. The molecular weight excluding hydrogens is 156 g/mol. The van der Waals surface area contributed by atoms with Crippen LogP contribution in [0.2, 0.25) is 0 Å². The third-order valence-electron chi connectivity index (χ3n) is 1.73. The van der Waals surface area contributed by atoms with Crippen molar-refractivity contribution in [1.29, 1.82) is 0 Å². The molecule has 0 radical (unpaired) electrons. The van der Waals surface area contributed by atoms with E-state index in [-0.39, 0.29) is 11.8 Å². The number of carbonyl (C=O) groups is 2. The fourth-order valence-electron chi connectivity index (χ4n) is 0.720. The predicted molar refractivity (Wildman–Crippen MR) is 46.5 cm³/mol. The molecule has 0 heterocycles. The zero-order chi connectivity index (χ0) is 9.72. The van der Waals surface area contributed by atoms with E-state index >= 15 is 0 Å². The Hall–Kier alpha value is -1.32. The number of carbonyl (C=O) groups excluding carboxylic acids is 2. The van der Waals surface area contributed by atoms with E-state index < -0.39 is 6.04 Å². The van der Waals surface area contributed by atoms with Crippen molar-refractivity contribution in [2.45, 2.75) is 13.0 Å². The highest BCUT2D eigenvalue weighted by molar-refractivity contribution is 5.92. The van der Waals surface area contributed by atoms with Gasteiger partial charge in [0.2, 0.25) is 11.8 Å². The van der Waals surface area contributed by atoms with Crippen LogP contribution >= 0.6 is 0 Å². The summed E-state index contributed by atoms with van der Waals surface area (Å²) in [6.45, 7) is 4.98. The number of rotatable bonds is 3. The second kappa shape index (κ2) is 4.54. The Morgan fingerprint density at radius 2 is 2.08 bits per heavy atom. The average molecular weight is 170 g/mol. The lowest BCUT2D eigenvalue weighted by molar-refractivity contribution is -0.134. The highest BCUT2D eigenvalue weighted by atomic mass is 16.2. The van der Waals surface area contributed by atoms with Gasteiger partial charge in [0.05, 0.1) is 0 Å². The Morgan fingerprint density at radius 1 is 1.58 bits per heavy atom. The summed E-state index contributed by atoms with van der Waals surface area (Å²) in [7, 11) is 3.09. The maximum Gasteiger partial charge on any atom is 0.246 e. The van der Waals surface area contributed by atoms with Crippen molar-refractivity contribution in [2.75, 3.05) is 14.1 Å². The van der Waals surface area contributed by atoms with Crippen molar-refractivity contribution >= 4 is 11.8 Å². The summed E-state index contributed by atoms with van der Waals surface area (Å²) in [6, 6.07) is -0.458. The van der Waals surface area contributed by atoms with E-state index in [2.05, 4.69) is 11.9 Å². The highest BCUT2D eigenvalue weighted by Crippen LogP contribution is 1.96. The van der Waals surface area contributed by atoms with Crippen LogP contribution in [0.4, 0.5) is 0 Å². The van der Waals surface area contributed by atoms with Crippen molar-refractivity contribution in [1.82, 2.24) is 10.2 Å². The summed E-state index contributed by atoms with van der Waals surface area (Å²) < 4.78 is 0. The van der Waals surface area contributed by atoms with Crippen LogP contribution in [0.15, 0.2) is 12.7 Å². The van der Waals surface area contributed by atoms with E-state index in [1.807, 2.05) is 0 Å². The van der Waals surface area contributed by atoms with Gasteiger partial charge in [-0.2, -0.15) is 0 Å². The fourth-order valence-corrected chi connectivity index (χ4v) is 0.720. The molecule has 0 bridgehead atoms. The number of hydrogen-bond acceptors (Lipinski definition) is 2. The third-order valence-corrected chi connectivity index (χ3v) is 1.73. The molecule has 0 saturated heterocycles. The zero-order valence-corrected chi connectivity index (χ0v) is 7.63. The molecule has 4 nitrogen and oxygen atoms in total. The van der Waals surface area contributed by atoms with E-state index in [0.717, 1.165) is 0 Å². The summed E-state index contributed by atoms with van der Waals surface area (Å²) in [5.41, 5.74) is 0. The van der Waals surface area contributed by atoms with Crippen LogP contribution in [-0.4, -0.2) is 36.9 Å². The third kappa shape index (κ3) is 2.38. The Morgan fingerprint density at radius 3 is 2.42 bits per heavy atom. The van der Waals surface area contributed by atoms with Gasteiger partial charge < -0.3 is 10.2 Å². The van der Waals surface area contributed by atoms with Gasteiger partial charge in [-0.15, -0.1) is 0 Å². The van der Waals surface area contributed by atoms with Gasteiger partial charge in [0.25, 0.3) is 0 Å². The minimum Gasteiger partial charge on any atom is -0.357 e. The SMILES string of the molecule is C=CC(=O)N(C)C(C)C(=O)NC. The molecule has 0 aromatic carbocycles. The lowest BCUT2D eigenvalue weighted by Crippen LogP contribution is -2.44. The molecule has 1 atom stereocenters. The molecule has 0 aliphatic carbocycles.